The van der Waals surface area contributed by atoms with Gasteiger partial charge in [-0.3, -0.25) is 0 Å². The number of carbonyl (C=O) groups is 1. The minimum atomic E-state index is -1.16. The molecule has 1 fully saturated rings. The third-order valence-electron chi connectivity index (χ3n) is 6.53. The molecule has 0 aromatic carbocycles. The van der Waals surface area contributed by atoms with Crippen LogP contribution in [-0.2, 0) is 16.2 Å². The van der Waals surface area contributed by atoms with Crippen molar-refractivity contribution >= 4 is 42.6 Å². The van der Waals surface area contributed by atoms with Crippen LogP contribution >= 0.6 is 11.8 Å². The molecule has 1 amide bonds. The lowest BCUT2D eigenvalue weighted by Gasteiger charge is -2.35. The topological polar surface area (TPSA) is 94.4 Å². The van der Waals surface area contributed by atoms with Crippen LogP contribution in [-0.4, -0.2) is 76.2 Å². The summed E-state index contributed by atoms with van der Waals surface area (Å²) in [7, 11) is -1.16. The number of ether oxygens (including phenoxy) is 2. The largest absolute Gasteiger partial charge is 0.444 e. The molecule has 0 aliphatic carbocycles. The molecule has 1 atom stereocenters. The van der Waals surface area contributed by atoms with E-state index in [1.807, 2.05) is 45.5 Å². The van der Waals surface area contributed by atoms with E-state index in [-0.39, 0.29) is 12.1 Å². The minimum Gasteiger partial charge on any atom is -0.444 e. The summed E-state index contributed by atoms with van der Waals surface area (Å²) in [4.78, 5) is 28.6. The predicted octanol–water partition coefficient (Wildman–Crippen LogP) is 6.34. The van der Waals surface area contributed by atoms with Crippen LogP contribution in [0, 0.1) is 0 Å². The first-order valence-corrected chi connectivity index (χ1v) is 18.5. The molecule has 1 saturated heterocycles. The van der Waals surface area contributed by atoms with Gasteiger partial charge >= 0.3 is 6.09 Å². The molecule has 4 rings (SSSR count). The van der Waals surface area contributed by atoms with Gasteiger partial charge in [-0.25, -0.2) is 19.7 Å². The molecule has 4 heterocycles. The Morgan fingerprint density at radius 1 is 1.23 bits per heavy atom. The number of aromatic nitrogens is 4. The normalized spacial score (nSPS) is 16.5. The number of thioether (sulfide) groups is 1. The van der Waals surface area contributed by atoms with Gasteiger partial charge in [-0.1, -0.05) is 31.4 Å². The third kappa shape index (κ3) is 7.95. The Morgan fingerprint density at radius 3 is 2.74 bits per heavy atom. The van der Waals surface area contributed by atoms with Crippen molar-refractivity contribution in [1.82, 2.24) is 24.4 Å². The lowest BCUT2D eigenvalue weighted by Crippen LogP contribution is -2.47. The summed E-state index contributed by atoms with van der Waals surface area (Å²) in [6.07, 6.45) is 9.24. The summed E-state index contributed by atoms with van der Waals surface area (Å²) in [5.41, 5.74) is 3.01. The average molecular weight is 571 g/mol. The van der Waals surface area contributed by atoms with Gasteiger partial charge in [-0.2, -0.15) is 0 Å². The van der Waals surface area contributed by atoms with E-state index >= 15 is 0 Å². The molecule has 11 heteroatoms. The van der Waals surface area contributed by atoms with Gasteiger partial charge in [0.1, 0.15) is 18.0 Å². The van der Waals surface area contributed by atoms with E-state index in [2.05, 4.69) is 40.6 Å². The van der Waals surface area contributed by atoms with Gasteiger partial charge < -0.3 is 24.3 Å². The molecule has 0 radical (unpaired) electrons. The van der Waals surface area contributed by atoms with E-state index in [1.165, 1.54) is 11.8 Å². The Balaban J connectivity index is 1.63. The van der Waals surface area contributed by atoms with E-state index in [0.29, 0.717) is 25.0 Å². The Bertz CT molecular complexity index is 1290. The van der Waals surface area contributed by atoms with E-state index in [9.17, 15) is 4.79 Å². The number of nitrogens with zero attached hydrogens (tertiary/aromatic N) is 5. The summed E-state index contributed by atoms with van der Waals surface area (Å²) in [6, 6.07) is 5.19. The highest BCUT2D eigenvalue weighted by Gasteiger charge is 2.29. The number of carbonyl (C=O) groups excluding carboxylic acids is 1. The Kier molecular flexibility index (Phi) is 9.23. The summed E-state index contributed by atoms with van der Waals surface area (Å²) in [6.45, 7) is 15.2. The maximum absolute atomic E-state index is 12.8. The monoisotopic (exact) mass is 570 g/mol. The molecule has 3 aromatic heterocycles. The molecule has 1 aliphatic rings. The van der Waals surface area contributed by atoms with Crippen molar-refractivity contribution in [3.63, 3.8) is 0 Å². The van der Waals surface area contributed by atoms with Crippen molar-refractivity contribution in [2.45, 2.75) is 82.8 Å². The van der Waals surface area contributed by atoms with Crippen molar-refractivity contribution < 1.29 is 14.3 Å². The summed E-state index contributed by atoms with van der Waals surface area (Å²) in [5.74, 6) is 0. The molecule has 0 spiro atoms. The Hall–Kier alpha value is -2.63. The van der Waals surface area contributed by atoms with Gasteiger partial charge in [-0.05, 0) is 58.0 Å². The van der Waals surface area contributed by atoms with Crippen molar-refractivity contribution in [2.75, 3.05) is 31.3 Å². The van der Waals surface area contributed by atoms with Crippen LogP contribution in [0.25, 0.3) is 22.3 Å². The highest BCUT2D eigenvalue weighted by molar-refractivity contribution is 7.98. The fraction of sp³-hybridized carbons (Fsp3) is 0.571. The van der Waals surface area contributed by atoms with Crippen molar-refractivity contribution in [2.24, 2.45) is 0 Å². The van der Waals surface area contributed by atoms with Crippen LogP contribution in [0.2, 0.25) is 25.7 Å². The summed E-state index contributed by atoms with van der Waals surface area (Å²) < 4.78 is 13.7. The number of amides is 1. The first-order valence-electron chi connectivity index (χ1n) is 13.6. The van der Waals surface area contributed by atoms with Gasteiger partial charge in [0.15, 0.2) is 5.16 Å². The highest BCUT2D eigenvalue weighted by Crippen LogP contribution is 2.35. The number of likely N-dealkylation sites (tertiary alicyclic amines) is 1. The zero-order valence-corrected chi connectivity index (χ0v) is 26.1. The van der Waals surface area contributed by atoms with Crippen molar-refractivity contribution in [3.05, 3.63) is 30.7 Å². The fourth-order valence-electron chi connectivity index (χ4n) is 4.51. The molecule has 1 N–H and O–H groups in total. The van der Waals surface area contributed by atoms with Crippen LogP contribution in [0.5, 0.6) is 0 Å². The maximum atomic E-state index is 12.8. The molecular weight excluding hydrogens is 529 g/mol. The van der Waals surface area contributed by atoms with Gasteiger partial charge in [-0.15, -0.1) is 0 Å². The molecule has 0 bridgehead atoms. The first-order chi connectivity index (χ1) is 18.4. The highest BCUT2D eigenvalue weighted by atomic mass is 32.2. The molecule has 1 aliphatic heterocycles. The standard InChI is InChI=1S/C28H42N6O3SSi/c1-28(2,3)37-27(35)33-13-8-9-20(18-33)31-24-21-11-14-34(19-36-15-16-39(5,6)7)25(21)30-17-22(24)23-10-12-29-26(32-23)38-4/h10-12,14,17,20H,8-9,13,15-16,18-19H2,1-7H3,(H,30,31)/t20-/m1/s1. The number of piperidine rings is 1. The smallest absolute Gasteiger partial charge is 0.410 e. The quantitative estimate of drug-likeness (QED) is 0.138. The molecule has 39 heavy (non-hydrogen) atoms. The molecule has 212 valence electrons. The van der Waals surface area contributed by atoms with E-state index in [4.69, 9.17) is 19.4 Å². The van der Waals surface area contributed by atoms with E-state index in [1.54, 1.807) is 11.1 Å². The van der Waals surface area contributed by atoms with Gasteiger partial charge in [0, 0.05) is 63.4 Å². The summed E-state index contributed by atoms with van der Waals surface area (Å²) in [5, 5.41) is 5.48. The van der Waals surface area contributed by atoms with E-state index < -0.39 is 13.7 Å². The van der Waals surface area contributed by atoms with Crippen molar-refractivity contribution in [3.8, 4) is 11.3 Å². The van der Waals surface area contributed by atoms with Crippen LogP contribution in [0.15, 0.2) is 35.9 Å². The second-order valence-electron chi connectivity index (χ2n) is 12.3. The van der Waals surface area contributed by atoms with Crippen LogP contribution in [0.3, 0.4) is 0 Å². The number of hydrogen-bond donors (Lipinski definition) is 1. The first kappa shape index (κ1) is 29.4. The maximum Gasteiger partial charge on any atom is 0.410 e. The second-order valence-corrected chi connectivity index (χ2v) is 18.7. The molecule has 0 unspecified atom stereocenters. The number of rotatable bonds is 9. The SMILES string of the molecule is CSc1nccc(-c2cnc3c(ccn3COCC[Si](C)(C)C)c2N[C@@H]2CCCN(C(=O)OC(C)(C)C)C2)n1. The molecule has 0 saturated carbocycles. The van der Waals surface area contributed by atoms with Gasteiger partial charge in [0.2, 0.25) is 0 Å². The number of hydrogen-bond acceptors (Lipinski definition) is 8. The zero-order valence-electron chi connectivity index (χ0n) is 24.3. The Labute approximate surface area is 237 Å². The predicted molar refractivity (Wildman–Crippen MR) is 161 cm³/mol. The minimum absolute atomic E-state index is 0.0637. The molecule has 3 aromatic rings. The van der Waals surface area contributed by atoms with Crippen molar-refractivity contribution in [1.29, 1.82) is 0 Å². The van der Waals surface area contributed by atoms with Gasteiger partial charge in [0.05, 0.1) is 11.4 Å². The third-order valence-corrected chi connectivity index (χ3v) is 8.80. The van der Waals surface area contributed by atoms with Crippen LogP contribution in [0.4, 0.5) is 10.5 Å². The number of pyridine rings is 1. The fourth-order valence-corrected chi connectivity index (χ4v) is 5.63. The Morgan fingerprint density at radius 2 is 2.03 bits per heavy atom. The molecule has 9 nitrogen and oxygen atoms in total. The van der Waals surface area contributed by atoms with Gasteiger partial charge in [0.25, 0.3) is 0 Å². The number of anilines is 1. The summed E-state index contributed by atoms with van der Waals surface area (Å²) >= 11 is 1.51. The average Bonchev–Trinajstić information content (AvgIpc) is 3.29. The van der Waals surface area contributed by atoms with Crippen LogP contribution in [0.1, 0.15) is 33.6 Å². The van der Waals surface area contributed by atoms with Crippen LogP contribution < -0.4 is 5.32 Å². The zero-order chi connectivity index (χ0) is 28.2. The molecular formula is C28H42N6O3SSi. The lowest BCUT2D eigenvalue weighted by atomic mass is 10.0. The number of fused-ring (bicyclic) bond motifs is 1. The van der Waals surface area contributed by atoms with E-state index in [0.717, 1.165) is 53.5 Å². The lowest BCUT2D eigenvalue weighted by molar-refractivity contribution is 0.0206. The number of nitrogens with one attached hydrogen (secondary N) is 1. The second kappa shape index (κ2) is 12.3.